The number of likely N-dealkylation sites (N-methyl/N-ethyl adjacent to an activating group) is 1. The van der Waals surface area contributed by atoms with Crippen LogP contribution in [0.5, 0.6) is 11.5 Å². The Bertz CT molecular complexity index is 485. The Kier molecular flexibility index (Phi) is 5.41. The maximum absolute atomic E-state index is 11.2. The molecule has 1 aliphatic rings. The predicted molar refractivity (Wildman–Crippen MR) is 79.4 cm³/mol. The van der Waals surface area contributed by atoms with Crippen molar-refractivity contribution in [1.82, 2.24) is 9.80 Å². The fourth-order valence-corrected chi connectivity index (χ4v) is 2.34. The maximum atomic E-state index is 11.2. The van der Waals surface area contributed by atoms with Crippen LogP contribution in [0.25, 0.3) is 0 Å². The summed E-state index contributed by atoms with van der Waals surface area (Å²) in [5.74, 6) is -0.251. The zero-order valence-corrected chi connectivity index (χ0v) is 12.5. The second kappa shape index (κ2) is 7.28. The van der Waals surface area contributed by atoms with Gasteiger partial charge in [-0.05, 0) is 19.2 Å². The molecule has 1 saturated heterocycles. The molecular weight excluding hydrogens is 272 g/mol. The summed E-state index contributed by atoms with van der Waals surface area (Å²) >= 11 is 0. The molecule has 2 rings (SSSR count). The first-order valence-electron chi connectivity index (χ1n) is 7.06. The van der Waals surface area contributed by atoms with Crippen LogP contribution in [0, 0.1) is 0 Å². The third kappa shape index (κ3) is 4.09. The molecule has 0 amide bonds. The minimum atomic E-state index is -1.01. The van der Waals surface area contributed by atoms with E-state index >= 15 is 0 Å². The molecule has 0 saturated carbocycles. The van der Waals surface area contributed by atoms with Crippen molar-refractivity contribution < 1.29 is 19.4 Å². The Morgan fingerprint density at radius 1 is 1.29 bits per heavy atom. The molecule has 1 heterocycles. The van der Waals surface area contributed by atoms with Gasteiger partial charge in [-0.25, -0.2) is 4.79 Å². The van der Waals surface area contributed by atoms with Crippen LogP contribution in [0.2, 0.25) is 0 Å². The van der Waals surface area contributed by atoms with Gasteiger partial charge in [-0.2, -0.15) is 0 Å². The van der Waals surface area contributed by atoms with Gasteiger partial charge >= 0.3 is 5.97 Å². The van der Waals surface area contributed by atoms with Crippen LogP contribution >= 0.6 is 0 Å². The van der Waals surface area contributed by atoms with Gasteiger partial charge in [0.2, 0.25) is 0 Å². The van der Waals surface area contributed by atoms with Crippen molar-refractivity contribution in [1.29, 1.82) is 0 Å². The normalized spacial score (nSPS) is 16.7. The van der Waals surface area contributed by atoms with Crippen molar-refractivity contribution in [3.63, 3.8) is 0 Å². The van der Waals surface area contributed by atoms with Crippen LogP contribution < -0.4 is 9.47 Å². The summed E-state index contributed by atoms with van der Waals surface area (Å²) in [5.41, 5.74) is 0.132. The van der Waals surface area contributed by atoms with E-state index in [1.54, 1.807) is 12.1 Å². The number of para-hydroxylation sites is 1. The number of benzene rings is 1. The van der Waals surface area contributed by atoms with Gasteiger partial charge in [0, 0.05) is 32.7 Å². The topological polar surface area (TPSA) is 62.2 Å². The van der Waals surface area contributed by atoms with E-state index in [0.29, 0.717) is 18.1 Å². The summed E-state index contributed by atoms with van der Waals surface area (Å²) in [6.07, 6.45) is 0. The molecule has 1 aromatic carbocycles. The number of carbonyl (C=O) groups is 1. The summed E-state index contributed by atoms with van der Waals surface area (Å²) in [7, 11) is 3.62. The lowest BCUT2D eigenvalue weighted by atomic mass is 10.2. The van der Waals surface area contributed by atoms with Crippen molar-refractivity contribution in [3.8, 4) is 11.5 Å². The van der Waals surface area contributed by atoms with E-state index in [-0.39, 0.29) is 5.56 Å². The highest BCUT2D eigenvalue weighted by atomic mass is 16.5. The number of carboxylic acid groups (broad SMARTS) is 1. The van der Waals surface area contributed by atoms with Gasteiger partial charge in [-0.3, -0.25) is 4.90 Å². The lowest BCUT2D eigenvalue weighted by Gasteiger charge is -2.32. The minimum Gasteiger partial charge on any atom is -0.493 e. The van der Waals surface area contributed by atoms with Crippen LogP contribution in [-0.2, 0) is 0 Å². The van der Waals surface area contributed by atoms with Crippen LogP contribution in [0.3, 0.4) is 0 Å². The van der Waals surface area contributed by atoms with Crippen molar-refractivity contribution in [2.75, 3.05) is 53.5 Å². The smallest absolute Gasteiger partial charge is 0.339 e. The average Bonchev–Trinajstić information content (AvgIpc) is 2.49. The van der Waals surface area contributed by atoms with Crippen molar-refractivity contribution in [2.24, 2.45) is 0 Å². The van der Waals surface area contributed by atoms with E-state index in [4.69, 9.17) is 9.47 Å². The molecule has 21 heavy (non-hydrogen) atoms. The highest BCUT2D eigenvalue weighted by Gasteiger charge is 2.17. The SMILES string of the molecule is COc1cccc(C(=O)O)c1OCCN1CCN(C)CC1. The number of nitrogens with zero attached hydrogens (tertiary/aromatic N) is 2. The highest BCUT2D eigenvalue weighted by Crippen LogP contribution is 2.31. The Hall–Kier alpha value is -1.79. The molecule has 1 N–H and O–H groups in total. The molecule has 0 aromatic heterocycles. The summed E-state index contributed by atoms with van der Waals surface area (Å²) in [5, 5.41) is 9.21. The molecule has 1 aromatic rings. The number of methoxy groups -OCH3 is 1. The van der Waals surface area contributed by atoms with Crippen LogP contribution in [0.15, 0.2) is 18.2 Å². The summed E-state index contributed by atoms with van der Waals surface area (Å²) in [6.45, 7) is 5.36. The van der Waals surface area contributed by atoms with E-state index < -0.39 is 5.97 Å². The van der Waals surface area contributed by atoms with E-state index in [9.17, 15) is 9.90 Å². The van der Waals surface area contributed by atoms with Gasteiger partial charge in [-0.1, -0.05) is 6.07 Å². The molecule has 1 fully saturated rings. The van der Waals surface area contributed by atoms with Crippen LogP contribution in [0.4, 0.5) is 0 Å². The van der Waals surface area contributed by atoms with Crippen molar-refractivity contribution in [2.45, 2.75) is 0 Å². The number of hydrogen-bond acceptors (Lipinski definition) is 5. The molecule has 6 heteroatoms. The van der Waals surface area contributed by atoms with Crippen LogP contribution in [0.1, 0.15) is 10.4 Å². The minimum absolute atomic E-state index is 0.132. The molecular formula is C15H22N2O4. The van der Waals surface area contributed by atoms with E-state index in [2.05, 4.69) is 16.8 Å². The van der Waals surface area contributed by atoms with Gasteiger partial charge in [0.05, 0.1) is 7.11 Å². The first-order chi connectivity index (χ1) is 10.1. The number of hydrogen-bond donors (Lipinski definition) is 1. The summed E-state index contributed by atoms with van der Waals surface area (Å²) in [4.78, 5) is 15.8. The number of carboxylic acids is 1. The lowest BCUT2D eigenvalue weighted by Crippen LogP contribution is -2.45. The van der Waals surface area contributed by atoms with Gasteiger partial charge in [-0.15, -0.1) is 0 Å². The number of rotatable bonds is 6. The fraction of sp³-hybridized carbons (Fsp3) is 0.533. The zero-order chi connectivity index (χ0) is 15.2. The number of piperazine rings is 1. The van der Waals surface area contributed by atoms with Gasteiger partial charge in [0.1, 0.15) is 12.2 Å². The standard InChI is InChI=1S/C15H22N2O4/c1-16-6-8-17(9-7-16)10-11-21-14-12(15(18)19)4-3-5-13(14)20-2/h3-5H,6-11H2,1-2H3,(H,18,19). The Morgan fingerprint density at radius 2 is 2.00 bits per heavy atom. The van der Waals surface area contributed by atoms with Gasteiger partial charge in [0.15, 0.2) is 11.5 Å². The van der Waals surface area contributed by atoms with Crippen molar-refractivity contribution >= 4 is 5.97 Å². The van der Waals surface area contributed by atoms with E-state index in [1.165, 1.54) is 13.2 Å². The summed E-state index contributed by atoms with van der Waals surface area (Å²) in [6, 6.07) is 4.88. The lowest BCUT2D eigenvalue weighted by molar-refractivity contribution is 0.0689. The molecule has 0 aliphatic carbocycles. The van der Waals surface area contributed by atoms with Gasteiger partial charge < -0.3 is 19.5 Å². The molecule has 1 aliphatic heterocycles. The predicted octanol–water partition coefficient (Wildman–Crippen LogP) is 1.02. The quantitative estimate of drug-likeness (QED) is 0.845. The molecule has 0 radical (unpaired) electrons. The Labute approximate surface area is 124 Å². The van der Waals surface area contributed by atoms with Crippen molar-refractivity contribution in [3.05, 3.63) is 23.8 Å². The number of aromatic carboxylic acids is 1. The second-order valence-corrected chi connectivity index (χ2v) is 5.14. The monoisotopic (exact) mass is 294 g/mol. The van der Waals surface area contributed by atoms with Gasteiger partial charge in [0.25, 0.3) is 0 Å². The molecule has 6 nitrogen and oxygen atoms in total. The Morgan fingerprint density at radius 3 is 2.62 bits per heavy atom. The maximum Gasteiger partial charge on any atom is 0.339 e. The molecule has 116 valence electrons. The summed E-state index contributed by atoms with van der Waals surface area (Å²) < 4.78 is 10.9. The first-order valence-corrected chi connectivity index (χ1v) is 7.06. The first kappa shape index (κ1) is 15.6. The zero-order valence-electron chi connectivity index (χ0n) is 12.5. The third-order valence-electron chi connectivity index (χ3n) is 3.68. The fourth-order valence-electron chi connectivity index (χ4n) is 2.34. The average molecular weight is 294 g/mol. The highest BCUT2D eigenvalue weighted by molar-refractivity contribution is 5.92. The van der Waals surface area contributed by atoms with E-state index in [1.807, 2.05) is 0 Å². The largest absolute Gasteiger partial charge is 0.493 e. The molecule has 0 atom stereocenters. The van der Waals surface area contributed by atoms with E-state index in [0.717, 1.165) is 32.7 Å². The third-order valence-corrected chi connectivity index (χ3v) is 3.68. The number of ether oxygens (including phenoxy) is 2. The molecule has 0 unspecified atom stereocenters. The molecule has 0 spiro atoms. The molecule has 0 bridgehead atoms. The van der Waals surface area contributed by atoms with Crippen LogP contribution in [-0.4, -0.2) is 74.4 Å². The Balaban J connectivity index is 1.94. The second-order valence-electron chi connectivity index (χ2n) is 5.14.